The zero-order valence-corrected chi connectivity index (χ0v) is 24.1. The molecule has 35 heavy (non-hydrogen) atoms. The molecule has 6 nitrogen and oxygen atoms in total. The molecule has 0 radical (unpaired) electrons. The lowest BCUT2D eigenvalue weighted by Gasteiger charge is -2.35. The molecule has 2 atom stereocenters. The van der Waals surface area contributed by atoms with Gasteiger partial charge in [-0.15, -0.1) is 0 Å². The summed E-state index contributed by atoms with van der Waals surface area (Å²) in [5.41, 5.74) is 2.91. The molecule has 0 aliphatic carbocycles. The molecular weight excluding hydrogens is 456 g/mol. The van der Waals surface area contributed by atoms with Crippen LogP contribution in [0.4, 0.5) is 9.59 Å². The second kappa shape index (κ2) is 13.5. The Kier molecular flexibility index (Phi) is 11.8. The maximum Gasteiger partial charge on any atom is 0.407 e. The third kappa shape index (κ3) is 12.6. The van der Waals surface area contributed by atoms with Gasteiger partial charge in [-0.2, -0.15) is 0 Å². The monoisotopic (exact) mass is 502 g/mol. The van der Waals surface area contributed by atoms with E-state index >= 15 is 0 Å². The Morgan fingerprint density at radius 3 is 2.20 bits per heavy atom. The largest absolute Gasteiger partial charge is 0.445 e. The minimum atomic E-state index is -1.63. The maximum atomic E-state index is 12.4. The van der Waals surface area contributed by atoms with Crippen LogP contribution >= 0.6 is 0 Å². The second-order valence-corrected chi connectivity index (χ2v) is 16.9. The van der Waals surface area contributed by atoms with E-state index in [9.17, 15) is 9.59 Å². The maximum absolute atomic E-state index is 12.4. The van der Waals surface area contributed by atoms with E-state index in [0.717, 1.165) is 6.42 Å². The fourth-order valence-electron chi connectivity index (χ4n) is 2.87. The molecular formula is C28H46N2O4Si. The van der Waals surface area contributed by atoms with Crippen LogP contribution in [0.25, 0.3) is 0 Å². The third-order valence-corrected chi connectivity index (χ3v) is 11.1. The Bertz CT molecular complexity index is 852. The van der Waals surface area contributed by atoms with Crippen molar-refractivity contribution < 1.29 is 19.1 Å². The predicted octanol–water partition coefficient (Wildman–Crippen LogP) is 6.64. The van der Waals surface area contributed by atoms with Crippen molar-refractivity contribution in [3.8, 4) is 0 Å². The number of carbonyl (C=O) groups is 2. The minimum absolute atomic E-state index is 0.0114. The number of nitrogens with one attached hydrogen (secondary N) is 2. The number of hydrogen-bond donors (Lipinski definition) is 2. The van der Waals surface area contributed by atoms with Crippen LogP contribution in [0.5, 0.6) is 0 Å². The fourth-order valence-corrected chi connectivity index (χ4v) is 4.16. The van der Waals surface area contributed by atoms with Crippen LogP contribution in [0.1, 0.15) is 54.0 Å². The summed E-state index contributed by atoms with van der Waals surface area (Å²) in [6, 6.07) is 9.74. The number of carbonyl (C=O) groups excluding carboxylic acids is 2. The minimum Gasteiger partial charge on any atom is -0.445 e. The first-order chi connectivity index (χ1) is 16.1. The molecule has 1 rings (SSSR count). The molecule has 0 saturated heterocycles. The summed E-state index contributed by atoms with van der Waals surface area (Å²) in [4.78, 5) is 24.7. The van der Waals surface area contributed by atoms with Crippen LogP contribution in [-0.4, -0.2) is 45.1 Å². The lowest BCUT2D eigenvalue weighted by Crippen LogP contribution is -2.48. The average molecular weight is 503 g/mol. The summed E-state index contributed by atoms with van der Waals surface area (Å²) in [5, 5.41) is 5.91. The van der Waals surface area contributed by atoms with Gasteiger partial charge >= 0.3 is 12.2 Å². The van der Waals surface area contributed by atoms with Gasteiger partial charge in [0.05, 0.1) is 14.1 Å². The SMILES string of the molecule is C[C@@H](C=C[Si](C)(C)C(C)(C)C)C(CNC(=O)OCC=CCc1ccccc1)NC(=O)OC(C)(C)C. The molecule has 2 N–H and O–H groups in total. The molecule has 1 unspecified atom stereocenters. The zero-order chi connectivity index (χ0) is 26.7. The van der Waals surface area contributed by atoms with E-state index in [1.807, 2.05) is 58.0 Å². The highest BCUT2D eigenvalue weighted by Crippen LogP contribution is 2.36. The Morgan fingerprint density at radius 2 is 1.63 bits per heavy atom. The lowest BCUT2D eigenvalue weighted by atomic mass is 10.0. The van der Waals surface area contributed by atoms with E-state index in [1.54, 1.807) is 0 Å². The number of amides is 2. The van der Waals surface area contributed by atoms with E-state index in [2.05, 4.69) is 68.4 Å². The van der Waals surface area contributed by atoms with Crippen molar-refractivity contribution in [1.29, 1.82) is 0 Å². The van der Waals surface area contributed by atoms with Crippen molar-refractivity contribution in [3.63, 3.8) is 0 Å². The van der Waals surface area contributed by atoms with Gasteiger partial charge in [-0.05, 0) is 43.7 Å². The lowest BCUT2D eigenvalue weighted by molar-refractivity contribution is 0.0492. The molecule has 2 amide bonds. The van der Waals surface area contributed by atoms with Gasteiger partial charge in [0.2, 0.25) is 0 Å². The van der Waals surface area contributed by atoms with Gasteiger partial charge in [0.25, 0.3) is 0 Å². The fraction of sp³-hybridized carbons (Fsp3) is 0.571. The molecule has 0 heterocycles. The van der Waals surface area contributed by atoms with E-state index < -0.39 is 25.9 Å². The van der Waals surface area contributed by atoms with E-state index in [-0.39, 0.29) is 30.1 Å². The van der Waals surface area contributed by atoms with Gasteiger partial charge in [-0.3, -0.25) is 0 Å². The molecule has 0 fully saturated rings. The Labute approximate surface area is 213 Å². The Hall–Kier alpha value is -2.54. The number of hydrogen-bond acceptors (Lipinski definition) is 4. The summed E-state index contributed by atoms with van der Waals surface area (Å²) in [6.07, 6.45) is 5.71. The summed E-state index contributed by atoms with van der Waals surface area (Å²) < 4.78 is 10.7. The number of benzene rings is 1. The first-order valence-corrected chi connectivity index (χ1v) is 15.5. The van der Waals surface area contributed by atoms with Crippen molar-refractivity contribution in [3.05, 3.63) is 59.8 Å². The third-order valence-electron chi connectivity index (χ3n) is 6.23. The van der Waals surface area contributed by atoms with Crippen molar-refractivity contribution in [1.82, 2.24) is 10.6 Å². The van der Waals surface area contributed by atoms with Gasteiger partial charge in [0, 0.05) is 6.54 Å². The van der Waals surface area contributed by atoms with Crippen molar-refractivity contribution in [2.75, 3.05) is 13.2 Å². The molecule has 0 spiro atoms. The Balaban J connectivity index is 2.69. The van der Waals surface area contributed by atoms with Gasteiger partial charge in [0.1, 0.15) is 12.2 Å². The quantitative estimate of drug-likeness (QED) is 0.278. The molecule has 1 aromatic carbocycles. The van der Waals surface area contributed by atoms with Crippen molar-refractivity contribution in [2.24, 2.45) is 5.92 Å². The van der Waals surface area contributed by atoms with E-state index in [0.29, 0.717) is 0 Å². The van der Waals surface area contributed by atoms with Crippen LogP contribution in [-0.2, 0) is 15.9 Å². The first kappa shape index (κ1) is 30.5. The first-order valence-electron chi connectivity index (χ1n) is 12.4. The standard InChI is InChI=1S/C28H46N2O4Si/c1-22(18-20-35(8,9)28(5,6)7)24(30-26(32)34-27(2,3)4)21-29-25(31)33-19-14-13-17-23-15-11-10-12-16-23/h10-16,18,20,22,24H,17,19,21H2,1-9H3,(H,29,31)(H,30,32)/t22-,24?/m0/s1. The normalized spacial score (nSPS) is 14.5. The molecule has 0 aromatic heterocycles. The van der Waals surface area contributed by atoms with Gasteiger partial charge in [-0.25, -0.2) is 9.59 Å². The molecule has 0 bridgehead atoms. The molecule has 0 aliphatic rings. The summed E-state index contributed by atoms with van der Waals surface area (Å²) in [6.45, 7) is 19.4. The van der Waals surface area contributed by atoms with E-state index in [1.165, 1.54) is 5.56 Å². The summed E-state index contributed by atoms with van der Waals surface area (Å²) in [5.74, 6) is -0.0114. The molecule has 0 saturated carbocycles. The number of ether oxygens (including phenoxy) is 2. The van der Waals surface area contributed by atoms with Gasteiger partial charge in [-0.1, -0.05) is 95.0 Å². The van der Waals surface area contributed by atoms with Crippen molar-refractivity contribution >= 4 is 20.3 Å². The molecule has 196 valence electrons. The topological polar surface area (TPSA) is 76.7 Å². The number of alkyl carbamates (subject to hydrolysis) is 2. The van der Waals surface area contributed by atoms with Crippen LogP contribution in [0.2, 0.25) is 18.1 Å². The van der Waals surface area contributed by atoms with Crippen molar-refractivity contribution in [2.45, 2.75) is 84.7 Å². The zero-order valence-electron chi connectivity index (χ0n) is 23.1. The predicted molar refractivity (Wildman–Crippen MR) is 147 cm³/mol. The highest BCUT2D eigenvalue weighted by molar-refractivity contribution is 6.84. The summed E-state index contributed by atoms with van der Waals surface area (Å²) in [7, 11) is -1.63. The number of allylic oxidation sites excluding steroid dienone is 1. The average Bonchev–Trinajstić information content (AvgIpc) is 2.73. The highest BCUT2D eigenvalue weighted by Gasteiger charge is 2.33. The summed E-state index contributed by atoms with van der Waals surface area (Å²) >= 11 is 0. The van der Waals surface area contributed by atoms with E-state index in [4.69, 9.17) is 9.47 Å². The molecule has 1 aromatic rings. The van der Waals surface area contributed by atoms with Crippen LogP contribution in [0.15, 0.2) is 54.3 Å². The smallest absolute Gasteiger partial charge is 0.407 e. The van der Waals surface area contributed by atoms with Crippen LogP contribution in [0, 0.1) is 5.92 Å². The second-order valence-electron chi connectivity index (χ2n) is 11.6. The van der Waals surface area contributed by atoms with Gasteiger partial charge < -0.3 is 20.1 Å². The van der Waals surface area contributed by atoms with Crippen LogP contribution in [0.3, 0.4) is 0 Å². The highest BCUT2D eigenvalue weighted by atomic mass is 28.3. The van der Waals surface area contributed by atoms with Gasteiger partial charge in [0.15, 0.2) is 0 Å². The number of rotatable bonds is 10. The Morgan fingerprint density at radius 1 is 1.00 bits per heavy atom. The van der Waals surface area contributed by atoms with Crippen LogP contribution < -0.4 is 10.6 Å². The molecule has 7 heteroatoms. The molecule has 0 aliphatic heterocycles.